The molecule has 168 valence electrons. The van der Waals surface area contributed by atoms with E-state index in [4.69, 9.17) is 24.7 Å². The molecule has 8 nitrogen and oxygen atoms in total. The molecule has 0 aromatic heterocycles. The minimum Gasteiger partial charge on any atom is -0.434 e. The van der Waals surface area contributed by atoms with E-state index in [2.05, 4.69) is 0 Å². The fourth-order valence-corrected chi connectivity index (χ4v) is 1.91. The molecule has 0 aliphatic rings. The van der Waals surface area contributed by atoms with E-state index in [0.717, 1.165) is 0 Å². The molecule has 0 aromatic carbocycles. The summed E-state index contributed by atoms with van der Waals surface area (Å²) < 4.78 is 21.6. The van der Waals surface area contributed by atoms with Crippen LogP contribution in [-0.2, 0) is 18.9 Å². The Kier molecular flexibility index (Phi) is 9.39. The van der Waals surface area contributed by atoms with Crippen LogP contribution in [0, 0.1) is 5.41 Å². The van der Waals surface area contributed by atoms with E-state index in [-0.39, 0.29) is 13.2 Å². The van der Waals surface area contributed by atoms with Crippen LogP contribution in [0.4, 0.5) is 4.79 Å². The van der Waals surface area contributed by atoms with Crippen LogP contribution >= 0.6 is 0 Å². The summed E-state index contributed by atoms with van der Waals surface area (Å²) >= 11 is 0. The maximum Gasteiger partial charge on any atom is 0.508 e. The maximum absolute atomic E-state index is 12.1. The standard InChI is InChI=1S/C20H41NO7/c1-16(2,14-27-20(9,21)24)19(7,8)28-15(22)25-12-11-18(5,6)26-13-10-17(3,4)23/h23-24H,10-14,21H2,1-9H3. The number of ether oxygens (including phenoxy) is 4. The summed E-state index contributed by atoms with van der Waals surface area (Å²) in [5, 5.41) is 19.2. The summed E-state index contributed by atoms with van der Waals surface area (Å²) in [5.74, 6) is -1.76. The zero-order valence-electron chi connectivity index (χ0n) is 19.0. The van der Waals surface area contributed by atoms with Crippen molar-refractivity contribution in [1.82, 2.24) is 0 Å². The van der Waals surface area contributed by atoms with Gasteiger partial charge in [0, 0.05) is 18.8 Å². The van der Waals surface area contributed by atoms with Gasteiger partial charge in [-0.1, -0.05) is 13.8 Å². The topological polar surface area (TPSA) is 120 Å². The molecule has 0 saturated heterocycles. The van der Waals surface area contributed by atoms with Crippen molar-refractivity contribution in [2.75, 3.05) is 19.8 Å². The number of carbonyl (C=O) groups excluding carboxylic acids is 1. The molecule has 0 aliphatic carbocycles. The second-order valence-corrected chi connectivity index (χ2v) is 9.86. The van der Waals surface area contributed by atoms with Crippen LogP contribution in [0.2, 0.25) is 0 Å². The molecule has 0 radical (unpaired) electrons. The molecule has 4 N–H and O–H groups in total. The van der Waals surface area contributed by atoms with Gasteiger partial charge in [-0.25, -0.2) is 4.79 Å². The smallest absolute Gasteiger partial charge is 0.434 e. The van der Waals surface area contributed by atoms with Crippen LogP contribution in [0.15, 0.2) is 0 Å². The number of aliphatic hydroxyl groups is 2. The van der Waals surface area contributed by atoms with Crippen LogP contribution in [0.3, 0.4) is 0 Å². The Balaban J connectivity index is 4.45. The van der Waals surface area contributed by atoms with Gasteiger partial charge in [-0.05, 0) is 48.0 Å². The predicted octanol–water partition coefficient (Wildman–Crippen LogP) is 2.93. The maximum atomic E-state index is 12.1. The molecule has 0 saturated carbocycles. The molecule has 0 amide bonds. The van der Waals surface area contributed by atoms with Gasteiger partial charge in [0.25, 0.3) is 0 Å². The summed E-state index contributed by atoms with van der Waals surface area (Å²) in [5.41, 5.74) is 2.59. The van der Waals surface area contributed by atoms with Crippen molar-refractivity contribution in [1.29, 1.82) is 0 Å². The van der Waals surface area contributed by atoms with Crippen molar-refractivity contribution in [2.45, 2.75) is 97.9 Å². The first kappa shape index (κ1) is 27.1. The van der Waals surface area contributed by atoms with Crippen molar-refractivity contribution in [3.05, 3.63) is 0 Å². The number of rotatable bonds is 12. The van der Waals surface area contributed by atoms with Gasteiger partial charge in [0.15, 0.2) is 0 Å². The Morgan fingerprint density at radius 2 is 1.39 bits per heavy atom. The Morgan fingerprint density at radius 3 is 1.86 bits per heavy atom. The summed E-state index contributed by atoms with van der Waals surface area (Å²) in [4.78, 5) is 12.1. The monoisotopic (exact) mass is 407 g/mol. The van der Waals surface area contributed by atoms with Gasteiger partial charge < -0.3 is 29.2 Å². The summed E-state index contributed by atoms with van der Waals surface area (Å²) in [6.45, 7) is 16.4. The fourth-order valence-electron chi connectivity index (χ4n) is 1.91. The molecular formula is C20H41NO7. The molecule has 1 atom stereocenters. The Morgan fingerprint density at radius 1 is 0.857 bits per heavy atom. The first-order chi connectivity index (χ1) is 12.3. The zero-order valence-corrected chi connectivity index (χ0v) is 19.0. The van der Waals surface area contributed by atoms with Gasteiger partial charge in [-0.2, -0.15) is 0 Å². The molecule has 0 aliphatic heterocycles. The zero-order chi connectivity index (χ0) is 22.4. The number of hydrogen-bond donors (Lipinski definition) is 3. The Bertz CT molecular complexity index is 488. The molecule has 0 fully saturated rings. The van der Waals surface area contributed by atoms with E-state index in [1.54, 1.807) is 27.7 Å². The lowest BCUT2D eigenvalue weighted by Crippen LogP contribution is -2.49. The van der Waals surface area contributed by atoms with Gasteiger partial charge >= 0.3 is 6.16 Å². The SMILES string of the molecule is CC(C)(O)CCOC(C)(C)CCOC(=O)OC(C)(C)C(C)(C)COC(C)(N)O. The van der Waals surface area contributed by atoms with Crippen molar-refractivity contribution < 1.29 is 34.0 Å². The van der Waals surface area contributed by atoms with Crippen molar-refractivity contribution in [2.24, 2.45) is 11.1 Å². The second kappa shape index (κ2) is 9.71. The number of nitrogens with two attached hydrogens (primary N) is 1. The van der Waals surface area contributed by atoms with Gasteiger partial charge in [0.1, 0.15) is 5.60 Å². The largest absolute Gasteiger partial charge is 0.508 e. The number of hydrogen-bond acceptors (Lipinski definition) is 8. The van der Waals surface area contributed by atoms with Gasteiger partial charge in [-0.3, -0.25) is 5.73 Å². The van der Waals surface area contributed by atoms with Gasteiger partial charge in [-0.15, -0.1) is 0 Å². The molecule has 28 heavy (non-hydrogen) atoms. The Hall–Kier alpha value is -0.930. The van der Waals surface area contributed by atoms with Crippen LogP contribution in [-0.4, -0.2) is 58.9 Å². The molecule has 8 heteroatoms. The van der Waals surface area contributed by atoms with Crippen LogP contribution < -0.4 is 5.73 Å². The first-order valence-electron chi connectivity index (χ1n) is 9.64. The van der Waals surface area contributed by atoms with Crippen molar-refractivity contribution in [3.63, 3.8) is 0 Å². The highest BCUT2D eigenvalue weighted by Gasteiger charge is 2.42. The third-order valence-corrected chi connectivity index (χ3v) is 4.82. The minimum atomic E-state index is -1.76. The lowest BCUT2D eigenvalue weighted by Gasteiger charge is -2.41. The van der Waals surface area contributed by atoms with Crippen LogP contribution in [0.25, 0.3) is 0 Å². The van der Waals surface area contributed by atoms with E-state index >= 15 is 0 Å². The summed E-state index contributed by atoms with van der Waals surface area (Å²) in [7, 11) is 0. The van der Waals surface area contributed by atoms with Gasteiger partial charge in [0.2, 0.25) is 5.91 Å². The van der Waals surface area contributed by atoms with E-state index in [1.807, 2.05) is 27.7 Å². The molecule has 0 heterocycles. The first-order valence-corrected chi connectivity index (χ1v) is 9.64. The molecule has 0 bridgehead atoms. The minimum absolute atomic E-state index is 0.0822. The van der Waals surface area contributed by atoms with Crippen LogP contribution in [0.1, 0.15) is 75.2 Å². The quantitative estimate of drug-likeness (QED) is 0.334. The van der Waals surface area contributed by atoms with Gasteiger partial charge in [0.05, 0.1) is 31.0 Å². The molecule has 0 spiro atoms. The third-order valence-electron chi connectivity index (χ3n) is 4.82. The Labute approximate surface area is 169 Å². The highest BCUT2D eigenvalue weighted by atomic mass is 16.7. The third kappa shape index (κ3) is 11.8. The fraction of sp³-hybridized carbons (Fsp3) is 0.950. The van der Waals surface area contributed by atoms with Crippen LogP contribution in [0.5, 0.6) is 0 Å². The second-order valence-electron chi connectivity index (χ2n) is 9.86. The average molecular weight is 408 g/mol. The average Bonchev–Trinajstić information content (AvgIpc) is 2.41. The summed E-state index contributed by atoms with van der Waals surface area (Å²) in [6, 6.07) is 0. The number of carbonyl (C=O) groups is 1. The van der Waals surface area contributed by atoms with E-state index < -0.39 is 34.3 Å². The molecule has 0 aromatic rings. The van der Waals surface area contributed by atoms with E-state index in [9.17, 15) is 15.0 Å². The van der Waals surface area contributed by atoms with Crippen molar-refractivity contribution in [3.8, 4) is 0 Å². The molecule has 0 rings (SSSR count). The van der Waals surface area contributed by atoms with E-state index in [1.165, 1.54) is 6.92 Å². The normalized spacial score (nSPS) is 15.9. The molecular weight excluding hydrogens is 366 g/mol. The molecule has 1 unspecified atom stereocenters. The lowest BCUT2D eigenvalue weighted by molar-refractivity contribution is -0.218. The van der Waals surface area contributed by atoms with E-state index in [0.29, 0.717) is 19.4 Å². The highest BCUT2D eigenvalue weighted by Crippen LogP contribution is 2.35. The van der Waals surface area contributed by atoms with Crippen molar-refractivity contribution >= 4 is 6.16 Å². The lowest BCUT2D eigenvalue weighted by atomic mass is 9.78. The predicted molar refractivity (Wildman–Crippen MR) is 107 cm³/mol. The summed E-state index contributed by atoms with van der Waals surface area (Å²) in [6.07, 6.45) is 0.210. The highest BCUT2D eigenvalue weighted by molar-refractivity contribution is 5.60.